The molecular weight excluding hydrogens is 480 g/mol. The van der Waals surface area contributed by atoms with Crippen molar-refractivity contribution in [1.82, 2.24) is 0 Å². The van der Waals surface area contributed by atoms with Gasteiger partial charge in [0.1, 0.15) is 12.3 Å². The topological polar surface area (TPSA) is 108 Å². The van der Waals surface area contributed by atoms with Gasteiger partial charge in [-0.1, -0.05) is 29.8 Å². The first-order valence-electron chi connectivity index (χ1n) is 10.4. The minimum Gasteiger partial charge on any atom is -0.496 e. The van der Waals surface area contributed by atoms with Crippen LogP contribution in [0.2, 0.25) is 5.02 Å². The molecule has 178 valence electrons. The fourth-order valence-corrected chi connectivity index (χ4v) is 5.46. The fraction of sp³-hybridized carbons (Fsp3) is 0.208. The number of primary amides is 1. The van der Waals surface area contributed by atoms with Crippen LogP contribution in [0.15, 0.2) is 65.6 Å². The zero-order valence-electron chi connectivity index (χ0n) is 18.5. The summed E-state index contributed by atoms with van der Waals surface area (Å²) in [6, 6.07) is 16.5. The number of methoxy groups -OCH3 is 1. The number of nitrogens with zero attached hydrogens (tertiary/aromatic N) is 1. The summed E-state index contributed by atoms with van der Waals surface area (Å²) in [5.74, 6) is 0.577. The minimum absolute atomic E-state index is 0.0663. The van der Waals surface area contributed by atoms with Crippen molar-refractivity contribution in [1.29, 1.82) is 0 Å². The molecule has 0 spiro atoms. The summed E-state index contributed by atoms with van der Waals surface area (Å²) in [6.07, 6.45) is -0.220. The molecule has 0 saturated heterocycles. The maximum absolute atomic E-state index is 13.7. The van der Waals surface area contributed by atoms with E-state index in [1.807, 2.05) is 24.3 Å². The van der Waals surface area contributed by atoms with Gasteiger partial charge in [-0.25, -0.2) is 8.42 Å². The number of amides is 1. The third kappa shape index (κ3) is 4.76. The Hall–Kier alpha value is -3.43. The van der Waals surface area contributed by atoms with E-state index in [9.17, 15) is 13.2 Å². The highest BCUT2D eigenvalue weighted by Crippen LogP contribution is 2.38. The molecule has 0 aliphatic carbocycles. The monoisotopic (exact) mass is 502 g/mol. The molecule has 1 heterocycles. The highest BCUT2D eigenvalue weighted by Gasteiger charge is 2.31. The molecule has 1 aliphatic rings. The van der Waals surface area contributed by atoms with Crippen LogP contribution in [-0.4, -0.2) is 34.3 Å². The number of hydrogen-bond acceptors (Lipinski definition) is 6. The molecule has 0 bridgehead atoms. The third-order valence-corrected chi connectivity index (χ3v) is 7.26. The van der Waals surface area contributed by atoms with Crippen LogP contribution in [0.5, 0.6) is 17.2 Å². The lowest BCUT2D eigenvalue weighted by Crippen LogP contribution is -2.39. The zero-order valence-corrected chi connectivity index (χ0v) is 20.1. The molecule has 2 N–H and O–H groups in total. The number of benzene rings is 3. The first kappa shape index (κ1) is 23.7. The molecule has 0 saturated carbocycles. The van der Waals surface area contributed by atoms with Gasteiger partial charge in [0.15, 0.2) is 11.5 Å². The molecule has 1 atom stereocenters. The van der Waals surface area contributed by atoms with E-state index < -0.39 is 28.8 Å². The molecule has 1 unspecified atom stereocenters. The van der Waals surface area contributed by atoms with Gasteiger partial charge in [0.05, 0.1) is 17.7 Å². The Kier molecular flexibility index (Phi) is 6.58. The average Bonchev–Trinajstić information content (AvgIpc) is 3.17. The Morgan fingerprint density at radius 3 is 2.53 bits per heavy atom. The van der Waals surface area contributed by atoms with Gasteiger partial charge in [-0.2, -0.15) is 0 Å². The largest absolute Gasteiger partial charge is 0.496 e. The zero-order chi connectivity index (χ0) is 24.5. The van der Waals surface area contributed by atoms with E-state index in [2.05, 4.69) is 0 Å². The van der Waals surface area contributed by atoms with E-state index in [1.54, 1.807) is 32.2 Å². The second-order valence-electron chi connectivity index (χ2n) is 7.65. The first-order valence-corrected chi connectivity index (χ1v) is 12.2. The average molecular weight is 503 g/mol. The number of halogens is 1. The highest BCUT2D eigenvalue weighted by atomic mass is 35.5. The van der Waals surface area contributed by atoms with Crippen molar-refractivity contribution in [3.05, 3.63) is 76.8 Å². The number of carbonyl (C=O) groups is 1. The maximum Gasteiger partial charge on any atom is 0.264 e. The molecule has 0 aromatic heterocycles. The smallest absolute Gasteiger partial charge is 0.264 e. The second-order valence-corrected chi connectivity index (χ2v) is 9.95. The summed E-state index contributed by atoms with van der Waals surface area (Å²) < 4.78 is 44.9. The number of para-hydroxylation sites is 1. The van der Waals surface area contributed by atoms with E-state index in [1.165, 1.54) is 18.2 Å². The van der Waals surface area contributed by atoms with E-state index in [-0.39, 0.29) is 10.6 Å². The Morgan fingerprint density at radius 2 is 1.79 bits per heavy atom. The van der Waals surface area contributed by atoms with Crippen molar-refractivity contribution in [2.45, 2.75) is 24.5 Å². The van der Waals surface area contributed by atoms with Gasteiger partial charge in [0.25, 0.3) is 10.0 Å². The van der Waals surface area contributed by atoms with Gasteiger partial charge >= 0.3 is 0 Å². The molecule has 0 radical (unpaired) electrons. The molecule has 34 heavy (non-hydrogen) atoms. The van der Waals surface area contributed by atoms with Crippen LogP contribution in [-0.2, 0) is 21.2 Å². The van der Waals surface area contributed by atoms with E-state index in [4.69, 9.17) is 31.5 Å². The van der Waals surface area contributed by atoms with Gasteiger partial charge in [-0.3, -0.25) is 9.10 Å². The SMILES string of the molecule is COc1ccccc1Cc1cc(Cl)ccc1N(CC(N)=O)S(=O)(=O)c1ccc2c(c1)OC(C)O2. The van der Waals surface area contributed by atoms with E-state index >= 15 is 0 Å². The normalized spacial score (nSPS) is 14.6. The molecule has 1 aliphatic heterocycles. The van der Waals surface area contributed by atoms with Crippen LogP contribution in [0.3, 0.4) is 0 Å². The lowest BCUT2D eigenvalue weighted by molar-refractivity contribution is -0.116. The summed E-state index contributed by atoms with van der Waals surface area (Å²) in [6.45, 7) is 1.14. The minimum atomic E-state index is -4.21. The van der Waals surface area contributed by atoms with Crippen LogP contribution >= 0.6 is 11.6 Å². The van der Waals surface area contributed by atoms with Gasteiger partial charge in [0.2, 0.25) is 12.2 Å². The van der Waals surface area contributed by atoms with Gasteiger partial charge in [-0.05, 0) is 47.5 Å². The van der Waals surface area contributed by atoms with Gasteiger partial charge in [0, 0.05) is 24.4 Å². The molecule has 8 nitrogen and oxygen atoms in total. The van der Waals surface area contributed by atoms with Crippen molar-refractivity contribution in [2.75, 3.05) is 18.0 Å². The summed E-state index contributed by atoms with van der Waals surface area (Å²) >= 11 is 6.25. The predicted octanol–water partition coefficient (Wildman–Crippen LogP) is 3.74. The maximum atomic E-state index is 13.7. The molecule has 3 aromatic rings. The lowest BCUT2D eigenvalue weighted by atomic mass is 10.0. The van der Waals surface area contributed by atoms with Crippen LogP contribution in [0.25, 0.3) is 0 Å². The lowest BCUT2D eigenvalue weighted by Gasteiger charge is -2.26. The van der Waals surface area contributed by atoms with Crippen molar-refractivity contribution in [2.24, 2.45) is 5.73 Å². The standard InChI is InChI=1S/C24H23ClN2O6S/c1-15-32-22-10-8-19(13-23(22)33-15)34(29,30)27(14-24(26)28)20-9-7-18(25)12-17(20)11-16-5-3-4-6-21(16)31-2/h3-10,12-13,15H,11,14H2,1-2H3,(H2,26,28). The number of sulfonamides is 1. The Bertz CT molecular complexity index is 1350. The van der Waals surface area contributed by atoms with Crippen molar-refractivity contribution in [3.63, 3.8) is 0 Å². The first-order chi connectivity index (χ1) is 16.2. The van der Waals surface area contributed by atoms with Crippen molar-refractivity contribution < 1.29 is 27.4 Å². The van der Waals surface area contributed by atoms with Crippen LogP contribution < -0.4 is 24.2 Å². The van der Waals surface area contributed by atoms with Crippen LogP contribution in [0, 0.1) is 0 Å². The summed E-state index contributed by atoms with van der Waals surface area (Å²) in [5.41, 5.74) is 7.14. The quantitative estimate of drug-likeness (QED) is 0.502. The van der Waals surface area contributed by atoms with Crippen molar-refractivity contribution in [3.8, 4) is 17.2 Å². The molecule has 1 amide bonds. The number of rotatable bonds is 8. The highest BCUT2D eigenvalue weighted by molar-refractivity contribution is 7.92. The van der Waals surface area contributed by atoms with Gasteiger partial charge < -0.3 is 19.9 Å². The molecular formula is C24H23ClN2O6S. The Morgan fingerprint density at radius 1 is 1.06 bits per heavy atom. The number of hydrogen-bond donors (Lipinski definition) is 1. The number of nitrogens with two attached hydrogens (primary N) is 1. The summed E-state index contributed by atoms with van der Waals surface area (Å²) in [7, 11) is -2.65. The Labute approximate surface area is 202 Å². The third-order valence-electron chi connectivity index (χ3n) is 5.27. The number of fused-ring (bicyclic) bond motifs is 1. The van der Waals surface area contributed by atoms with Crippen LogP contribution in [0.4, 0.5) is 5.69 Å². The van der Waals surface area contributed by atoms with E-state index in [0.29, 0.717) is 34.3 Å². The predicted molar refractivity (Wildman–Crippen MR) is 128 cm³/mol. The summed E-state index contributed by atoms with van der Waals surface area (Å²) in [5, 5.41) is 0.419. The second kappa shape index (κ2) is 9.44. The molecule has 0 fully saturated rings. The summed E-state index contributed by atoms with van der Waals surface area (Å²) in [4.78, 5) is 11.9. The van der Waals surface area contributed by atoms with Crippen LogP contribution in [0.1, 0.15) is 18.1 Å². The van der Waals surface area contributed by atoms with Crippen molar-refractivity contribution >= 4 is 33.2 Å². The molecule has 10 heteroatoms. The van der Waals surface area contributed by atoms with Gasteiger partial charge in [-0.15, -0.1) is 0 Å². The fourth-order valence-electron chi connectivity index (χ4n) is 3.78. The Balaban J connectivity index is 1.81. The number of carbonyl (C=O) groups excluding carboxylic acids is 1. The number of anilines is 1. The number of ether oxygens (including phenoxy) is 3. The molecule has 4 rings (SSSR count). The van der Waals surface area contributed by atoms with E-state index in [0.717, 1.165) is 9.87 Å². The molecule has 3 aromatic carbocycles.